The lowest BCUT2D eigenvalue weighted by Crippen LogP contribution is -2.22. The summed E-state index contributed by atoms with van der Waals surface area (Å²) in [6, 6.07) is 66.0. The Morgan fingerprint density at radius 2 is 1.00 bits per heavy atom. The number of rotatable bonds is 6. The van der Waals surface area contributed by atoms with Gasteiger partial charge in [0.1, 0.15) is 11.9 Å². The number of para-hydroxylation sites is 1. The van der Waals surface area contributed by atoms with E-state index < -0.39 is 0 Å². The van der Waals surface area contributed by atoms with Gasteiger partial charge in [-0.1, -0.05) is 176 Å². The first kappa shape index (κ1) is 33.0. The van der Waals surface area contributed by atoms with E-state index in [1.54, 1.807) is 0 Å². The predicted molar refractivity (Wildman–Crippen MR) is 233 cm³/mol. The molecule has 57 heavy (non-hydrogen) atoms. The van der Waals surface area contributed by atoms with Crippen LogP contribution in [0.3, 0.4) is 0 Å². The molecule has 1 aromatic heterocycles. The summed E-state index contributed by atoms with van der Waals surface area (Å²) in [6.45, 7) is 0. The third-order valence-corrected chi connectivity index (χ3v) is 11.3. The normalized spacial score (nSPS) is 15.7. The lowest BCUT2D eigenvalue weighted by atomic mass is 9.80. The molecular formula is C53H35N3O. The molecule has 4 nitrogen and oxygen atoms in total. The van der Waals surface area contributed by atoms with Crippen LogP contribution in [0.15, 0.2) is 200 Å². The van der Waals surface area contributed by atoms with Gasteiger partial charge in [0.05, 0.1) is 5.92 Å². The number of fused-ring (bicyclic) bond motifs is 5. The second-order valence-electron chi connectivity index (χ2n) is 14.7. The molecule has 2 unspecified atom stereocenters. The van der Waals surface area contributed by atoms with Gasteiger partial charge in [-0.05, 0) is 79.2 Å². The molecule has 0 saturated carbocycles. The maximum absolute atomic E-state index is 6.68. The molecule has 11 rings (SSSR count). The van der Waals surface area contributed by atoms with E-state index in [1.807, 2.05) is 12.1 Å². The standard InChI is InChI=1S/C53H35N3O/c1-2-11-34(12-3-1)36-21-23-37(24-22-36)43-32-47(50-46-18-8-9-20-48(46)57-49(50)33-43)53-55-51(54-52(56-53)42-30-25-35-13-4-5-15-41(35)31-42)40-28-26-39(27-29-40)45-19-10-16-38-14-6-7-17-44(38)45/h1-33,49-50H. The summed E-state index contributed by atoms with van der Waals surface area (Å²) in [5.41, 5.74) is 10.9. The number of benzene rings is 8. The molecule has 0 amide bonds. The smallest absolute Gasteiger partial charge is 0.164 e. The number of allylic oxidation sites excluding steroid dienone is 2. The van der Waals surface area contributed by atoms with E-state index in [0.717, 1.165) is 50.1 Å². The molecule has 2 atom stereocenters. The van der Waals surface area contributed by atoms with Gasteiger partial charge in [-0.2, -0.15) is 0 Å². The van der Waals surface area contributed by atoms with Gasteiger partial charge >= 0.3 is 0 Å². The highest BCUT2D eigenvalue weighted by Gasteiger charge is 2.40. The fraction of sp³-hybridized carbons (Fsp3) is 0.0377. The molecule has 2 heterocycles. The summed E-state index contributed by atoms with van der Waals surface area (Å²) >= 11 is 0. The van der Waals surface area contributed by atoms with Crippen molar-refractivity contribution < 1.29 is 4.74 Å². The molecule has 268 valence electrons. The minimum Gasteiger partial charge on any atom is -0.485 e. The highest BCUT2D eigenvalue weighted by Crippen LogP contribution is 2.50. The Morgan fingerprint density at radius 1 is 0.404 bits per heavy atom. The van der Waals surface area contributed by atoms with Crippen molar-refractivity contribution in [2.24, 2.45) is 0 Å². The highest BCUT2D eigenvalue weighted by molar-refractivity contribution is 5.97. The molecule has 8 aromatic carbocycles. The molecule has 4 heteroatoms. The van der Waals surface area contributed by atoms with Gasteiger partial charge in [-0.15, -0.1) is 0 Å². The summed E-state index contributed by atoms with van der Waals surface area (Å²) in [5.74, 6) is 2.71. The van der Waals surface area contributed by atoms with Gasteiger partial charge in [0, 0.05) is 22.3 Å². The zero-order chi connectivity index (χ0) is 37.7. The molecule has 0 spiro atoms. The van der Waals surface area contributed by atoms with Gasteiger partial charge in [0.25, 0.3) is 0 Å². The number of nitrogens with zero attached hydrogens (tertiary/aromatic N) is 3. The lowest BCUT2D eigenvalue weighted by Gasteiger charge is -2.25. The molecule has 0 bridgehead atoms. The Bertz CT molecular complexity index is 3030. The van der Waals surface area contributed by atoms with E-state index in [1.165, 1.54) is 32.8 Å². The van der Waals surface area contributed by atoms with Gasteiger partial charge < -0.3 is 4.74 Å². The molecule has 0 radical (unpaired) electrons. The molecule has 1 aliphatic heterocycles. The zero-order valence-electron chi connectivity index (χ0n) is 31.0. The molecule has 0 fully saturated rings. The van der Waals surface area contributed by atoms with E-state index in [9.17, 15) is 0 Å². The second-order valence-corrected chi connectivity index (χ2v) is 14.7. The zero-order valence-corrected chi connectivity index (χ0v) is 31.0. The summed E-state index contributed by atoms with van der Waals surface area (Å²) < 4.78 is 6.68. The Hall–Kier alpha value is -7.43. The van der Waals surface area contributed by atoms with E-state index in [-0.39, 0.29) is 12.0 Å². The Labute approximate surface area is 331 Å². The van der Waals surface area contributed by atoms with Crippen molar-refractivity contribution in [3.8, 4) is 50.8 Å². The SMILES string of the molecule is C1=C(c2ccc(-c3ccccc3)cc2)C=C(c2nc(-c3ccc(-c4cccc5ccccc45)cc3)nc(-c3ccc4ccccc4c3)n2)C2c3ccccc3OC12. The molecule has 9 aromatic rings. The average Bonchev–Trinajstić information content (AvgIpc) is 3.67. The van der Waals surface area contributed by atoms with Crippen LogP contribution >= 0.6 is 0 Å². The Kier molecular flexibility index (Phi) is 7.92. The third-order valence-electron chi connectivity index (χ3n) is 11.3. The number of hydrogen-bond acceptors (Lipinski definition) is 4. The fourth-order valence-electron chi connectivity index (χ4n) is 8.43. The first-order chi connectivity index (χ1) is 28.2. The summed E-state index contributed by atoms with van der Waals surface area (Å²) in [4.78, 5) is 15.8. The van der Waals surface area contributed by atoms with Crippen molar-refractivity contribution in [3.05, 3.63) is 217 Å². The van der Waals surface area contributed by atoms with Crippen molar-refractivity contribution in [1.29, 1.82) is 0 Å². The number of ether oxygens (including phenoxy) is 1. The van der Waals surface area contributed by atoms with E-state index in [0.29, 0.717) is 17.5 Å². The van der Waals surface area contributed by atoms with Gasteiger partial charge in [0.15, 0.2) is 17.5 Å². The van der Waals surface area contributed by atoms with Crippen molar-refractivity contribution >= 4 is 32.7 Å². The average molecular weight is 730 g/mol. The maximum atomic E-state index is 6.68. The maximum Gasteiger partial charge on any atom is 0.164 e. The van der Waals surface area contributed by atoms with E-state index in [4.69, 9.17) is 19.7 Å². The van der Waals surface area contributed by atoms with Crippen LogP contribution in [-0.4, -0.2) is 21.1 Å². The van der Waals surface area contributed by atoms with Gasteiger partial charge in [-0.3, -0.25) is 0 Å². The quantitative estimate of drug-likeness (QED) is 0.171. The lowest BCUT2D eigenvalue weighted by molar-refractivity contribution is 0.272. The van der Waals surface area contributed by atoms with Gasteiger partial charge in [0.2, 0.25) is 0 Å². The fourth-order valence-corrected chi connectivity index (χ4v) is 8.43. The second kappa shape index (κ2) is 13.7. The minimum atomic E-state index is -0.212. The number of aromatic nitrogens is 3. The van der Waals surface area contributed by atoms with Gasteiger partial charge in [-0.25, -0.2) is 15.0 Å². The number of hydrogen-bond donors (Lipinski definition) is 0. The summed E-state index contributed by atoms with van der Waals surface area (Å²) in [6.07, 6.45) is 4.30. The van der Waals surface area contributed by atoms with Crippen LogP contribution in [0.5, 0.6) is 5.75 Å². The molecule has 0 saturated heterocycles. The van der Waals surface area contributed by atoms with Crippen molar-refractivity contribution in [2.75, 3.05) is 0 Å². The monoisotopic (exact) mass is 729 g/mol. The predicted octanol–water partition coefficient (Wildman–Crippen LogP) is 12.9. The van der Waals surface area contributed by atoms with Crippen molar-refractivity contribution in [3.63, 3.8) is 0 Å². The third kappa shape index (κ3) is 5.99. The molecule has 1 aliphatic carbocycles. The topological polar surface area (TPSA) is 47.9 Å². The summed E-state index contributed by atoms with van der Waals surface area (Å²) in [7, 11) is 0. The van der Waals surface area contributed by atoms with Crippen LogP contribution < -0.4 is 4.74 Å². The molecule has 2 aliphatic rings. The van der Waals surface area contributed by atoms with Crippen LogP contribution in [0.25, 0.3) is 77.7 Å². The van der Waals surface area contributed by atoms with E-state index in [2.05, 4.69) is 188 Å². The van der Waals surface area contributed by atoms with Crippen LogP contribution in [0.4, 0.5) is 0 Å². The van der Waals surface area contributed by atoms with E-state index >= 15 is 0 Å². The van der Waals surface area contributed by atoms with Crippen LogP contribution in [0, 0.1) is 0 Å². The van der Waals surface area contributed by atoms with Crippen LogP contribution in [0.1, 0.15) is 22.9 Å². The first-order valence-electron chi connectivity index (χ1n) is 19.4. The Balaban J connectivity index is 1.06. The molecular weight excluding hydrogens is 695 g/mol. The largest absolute Gasteiger partial charge is 0.485 e. The van der Waals surface area contributed by atoms with Crippen molar-refractivity contribution in [2.45, 2.75) is 12.0 Å². The Morgan fingerprint density at radius 3 is 1.84 bits per heavy atom. The summed E-state index contributed by atoms with van der Waals surface area (Å²) in [5, 5.41) is 4.76. The minimum absolute atomic E-state index is 0.0815. The molecule has 0 N–H and O–H groups in total. The highest BCUT2D eigenvalue weighted by atomic mass is 16.5. The first-order valence-corrected chi connectivity index (χ1v) is 19.4. The van der Waals surface area contributed by atoms with Crippen LogP contribution in [-0.2, 0) is 0 Å². The van der Waals surface area contributed by atoms with Crippen molar-refractivity contribution in [1.82, 2.24) is 15.0 Å². The van der Waals surface area contributed by atoms with Crippen LogP contribution in [0.2, 0.25) is 0 Å².